The van der Waals surface area contributed by atoms with E-state index < -0.39 is 0 Å². The molecule has 132 valence electrons. The van der Waals surface area contributed by atoms with E-state index in [0.717, 1.165) is 42.4 Å². The molecular formula is C16H21N7OS. The lowest BCUT2D eigenvalue weighted by molar-refractivity contribution is -0.121. The molecule has 4 heterocycles. The zero-order chi connectivity index (χ0) is 17.2. The van der Waals surface area contributed by atoms with Crippen LogP contribution in [0.25, 0.3) is 4.96 Å². The second kappa shape index (κ2) is 6.93. The monoisotopic (exact) mass is 359 g/mol. The van der Waals surface area contributed by atoms with Gasteiger partial charge in [-0.25, -0.2) is 9.50 Å². The Hall–Kier alpha value is -2.26. The summed E-state index contributed by atoms with van der Waals surface area (Å²) < 4.78 is 3.79. The highest BCUT2D eigenvalue weighted by Gasteiger charge is 2.15. The second-order valence-corrected chi connectivity index (χ2v) is 7.11. The number of aromatic nitrogens is 5. The quantitative estimate of drug-likeness (QED) is 0.717. The molecule has 0 unspecified atom stereocenters. The fourth-order valence-corrected chi connectivity index (χ4v) is 3.65. The van der Waals surface area contributed by atoms with Gasteiger partial charge >= 0.3 is 0 Å². The number of nitrogens with zero attached hydrogens (tertiary/aromatic N) is 5. The van der Waals surface area contributed by atoms with E-state index in [9.17, 15) is 4.79 Å². The van der Waals surface area contributed by atoms with Crippen molar-refractivity contribution in [3.05, 3.63) is 34.9 Å². The van der Waals surface area contributed by atoms with Crippen LogP contribution < -0.4 is 10.6 Å². The Morgan fingerprint density at radius 3 is 3.32 bits per heavy atom. The highest BCUT2D eigenvalue weighted by Crippen LogP contribution is 2.15. The van der Waals surface area contributed by atoms with Gasteiger partial charge in [-0.15, -0.1) is 0 Å². The molecule has 1 aliphatic rings. The Morgan fingerprint density at radius 2 is 2.44 bits per heavy atom. The van der Waals surface area contributed by atoms with Crippen molar-refractivity contribution in [1.29, 1.82) is 0 Å². The van der Waals surface area contributed by atoms with E-state index in [4.69, 9.17) is 0 Å². The molecule has 8 nitrogen and oxygen atoms in total. The summed E-state index contributed by atoms with van der Waals surface area (Å²) >= 11 is 1.48. The van der Waals surface area contributed by atoms with Crippen molar-refractivity contribution in [1.82, 2.24) is 35.0 Å². The molecule has 0 spiro atoms. The molecule has 0 saturated carbocycles. The first-order valence-electron chi connectivity index (χ1n) is 8.53. The van der Waals surface area contributed by atoms with Crippen LogP contribution in [0.1, 0.15) is 42.9 Å². The molecule has 3 aromatic heterocycles. The Morgan fingerprint density at radius 1 is 1.52 bits per heavy atom. The summed E-state index contributed by atoms with van der Waals surface area (Å²) in [7, 11) is 0. The fourth-order valence-electron chi connectivity index (χ4n) is 3.04. The van der Waals surface area contributed by atoms with Crippen LogP contribution in [-0.4, -0.2) is 36.8 Å². The number of aryl methyl sites for hydroxylation is 2. The third-order valence-electron chi connectivity index (χ3n) is 4.38. The molecule has 2 N–H and O–H groups in total. The van der Waals surface area contributed by atoms with E-state index in [0.29, 0.717) is 12.8 Å². The third kappa shape index (κ3) is 3.57. The van der Waals surface area contributed by atoms with Gasteiger partial charge in [-0.1, -0.05) is 11.3 Å². The molecule has 1 aliphatic heterocycles. The normalized spacial score (nSPS) is 15.7. The van der Waals surface area contributed by atoms with E-state index >= 15 is 0 Å². The first kappa shape index (κ1) is 16.2. The summed E-state index contributed by atoms with van der Waals surface area (Å²) in [4.78, 5) is 17.6. The van der Waals surface area contributed by atoms with Crippen molar-refractivity contribution in [3.63, 3.8) is 0 Å². The van der Waals surface area contributed by atoms with Crippen molar-refractivity contribution >= 4 is 22.2 Å². The van der Waals surface area contributed by atoms with Gasteiger partial charge < -0.3 is 10.6 Å². The van der Waals surface area contributed by atoms with Crippen molar-refractivity contribution in [3.8, 4) is 0 Å². The van der Waals surface area contributed by atoms with Gasteiger partial charge in [0.1, 0.15) is 5.51 Å². The molecule has 0 aliphatic carbocycles. The number of hydrogen-bond acceptors (Lipinski definition) is 6. The Balaban J connectivity index is 1.32. The van der Waals surface area contributed by atoms with Crippen LogP contribution in [0.4, 0.5) is 0 Å². The van der Waals surface area contributed by atoms with Gasteiger partial charge in [0.2, 0.25) is 10.9 Å². The molecule has 1 amide bonds. The average molecular weight is 359 g/mol. The first-order valence-corrected chi connectivity index (χ1v) is 9.41. The second-order valence-electron chi connectivity index (χ2n) is 6.30. The number of amides is 1. The van der Waals surface area contributed by atoms with Gasteiger partial charge in [0, 0.05) is 25.9 Å². The third-order valence-corrected chi connectivity index (χ3v) is 5.07. The molecule has 0 saturated heterocycles. The minimum Gasteiger partial charge on any atom is -0.348 e. The van der Waals surface area contributed by atoms with E-state index in [1.807, 2.05) is 13.1 Å². The highest BCUT2D eigenvalue weighted by molar-refractivity contribution is 7.14. The molecule has 0 fully saturated rings. The summed E-state index contributed by atoms with van der Waals surface area (Å²) in [6.45, 7) is 4.76. The van der Waals surface area contributed by atoms with Crippen LogP contribution in [0.15, 0.2) is 17.8 Å². The smallest absolute Gasteiger partial charge is 0.220 e. The molecular weight excluding hydrogens is 338 g/mol. The minimum atomic E-state index is -0.135. The van der Waals surface area contributed by atoms with E-state index in [1.165, 1.54) is 17.0 Å². The fraction of sp³-hybridized carbons (Fsp3) is 0.500. The summed E-state index contributed by atoms with van der Waals surface area (Å²) in [5.41, 5.74) is 4.75. The summed E-state index contributed by atoms with van der Waals surface area (Å²) in [6.07, 6.45) is 4.02. The van der Waals surface area contributed by atoms with Crippen LogP contribution in [0.5, 0.6) is 0 Å². The maximum Gasteiger partial charge on any atom is 0.220 e. The number of nitrogens with one attached hydrogen (secondary N) is 2. The lowest BCUT2D eigenvalue weighted by Crippen LogP contribution is -2.27. The molecule has 4 rings (SSSR count). The van der Waals surface area contributed by atoms with Gasteiger partial charge in [0.25, 0.3) is 0 Å². The van der Waals surface area contributed by atoms with Gasteiger partial charge in [-0.2, -0.15) is 10.2 Å². The number of rotatable bonds is 5. The standard InChI is InChI=1S/C16H21N7OS/c1-11(14-9-23-16(20-14)25-10-18-23)19-15(24)4-3-12-7-13-8-17-5-2-6-22(13)21-12/h7,9-11,17H,2-6,8H2,1H3,(H,19,24)/t11-/m1/s1. The van der Waals surface area contributed by atoms with E-state index in [-0.39, 0.29) is 11.9 Å². The van der Waals surface area contributed by atoms with E-state index in [2.05, 4.69) is 36.6 Å². The predicted octanol–water partition coefficient (Wildman–Crippen LogP) is 1.29. The maximum absolute atomic E-state index is 12.2. The number of hydrogen-bond donors (Lipinski definition) is 2. The largest absolute Gasteiger partial charge is 0.348 e. The molecule has 25 heavy (non-hydrogen) atoms. The highest BCUT2D eigenvalue weighted by atomic mass is 32.1. The number of fused-ring (bicyclic) bond motifs is 2. The van der Waals surface area contributed by atoms with Gasteiger partial charge in [-0.05, 0) is 26.0 Å². The molecule has 0 radical (unpaired) electrons. The van der Waals surface area contributed by atoms with Crippen LogP contribution in [0.3, 0.4) is 0 Å². The Bertz CT molecular complexity index is 828. The Labute approximate surface area is 149 Å². The van der Waals surface area contributed by atoms with Crippen molar-refractivity contribution < 1.29 is 4.79 Å². The predicted molar refractivity (Wildman–Crippen MR) is 94.3 cm³/mol. The lowest BCUT2D eigenvalue weighted by Gasteiger charge is -2.10. The summed E-state index contributed by atoms with van der Waals surface area (Å²) in [5.74, 6) is 0.0122. The maximum atomic E-state index is 12.2. The van der Waals surface area contributed by atoms with Crippen LogP contribution in [0.2, 0.25) is 0 Å². The van der Waals surface area contributed by atoms with Crippen LogP contribution in [0, 0.1) is 0 Å². The number of imidazole rings is 1. The zero-order valence-corrected chi connectivity index (χ0v) is 14.9. The van der Waals surface area contributed by atoms with Gasteiger partial charge in [0.15, 0.2) is 0 Å². The van der Waals surface area contributed by atoms with Crippen LogP contribution in [-0.2, 0) is 24.3 Å². The van der Waals surface area contributed by atoms with Gasteiger partial charge in [0.05, 0.1) is 29.3 Å². The SMILES string of the molecule is C[C@@H](NC(=O)CCc1cc2n(n1)CCCNC2)c1cn2ncsc2n1. The molecule has 0 aromatic carbocycles. The van der Waals surface area contributed by atoms with Crippen molar-refractivity contribution in [2.24, 2.45) is 0 Å². The molecule has 1 atom stereocenters. The number of carbonyl (C=O) groups excluding carboxylic acids is 1. The first-order chi connectivity index (χ1) is 12.2. The molecule has 0 bridgehead atoms. The zero-order valence-electron chi connectivity index (χ0n) is 14.1. The molecule has 9 heteroatoms. The molecule has 3 aromatic rings. The van der Waals surface area contributed by atoms with Gasteiger partial charge in [-0.3, -0.25) is 9.48 Å². The van der Waals surface area contributed by atoms with Crippen molar-refractivity contribution in [2.75, 3.05) is 6.54 Å². The summed E-state index contributed by atoms with van der Waals surface area (Å²) in [6, 6.07) is 1.97. The summed E-state index contributed by atoms with van der Waals surface area (Å²) in [5, 5.41) is 15.2. The topological polar surface area (TPSA) is 89.1 Å². The lowest BCUT2D eigenvalue weighted by atomic mass is 10.2. The van der Waals surface area contributed by atoms with E-state index in [1.54, 1.807) is 10.0 Å². The van der Waals surface area contributed by atoms with Crippen LogP contribution >= 0.6 is 11.3 Å². The van der Waals surface area contributed by atoms with Crippen molar-refractivity contribution in [2.45, 2.75) is 45.3 Å². The Kier molecular flexibility index (Phi) is 4.50. The minimum absolute atomic E-state index is 0.0122. The number of carbonyl (C=O) groups is 1. The average Bonchev–Trinajstić information content (AvgIpc) is 3.24.